The van der Waals surface area contributed by atoms with Crippen LogP contribution in [0.1, 0.15) is 30.1 Å². The van der Waals surface area contributed by atoms with Crippen LogP contribution >= 0.6 is 0 Å². The minimum atomic E-state index is -0.532. The molecule has 1 aromatic rings. The number of urea groups is 1. The van der Waals surface area contributed by atoms with E-state index < -0.39 is 12.0 Å². The number of carbonyl (C=O) groups excluding carboxylic acids is 3. The van der Waals surface area contributed by atoms with E-state index in [1.165, 1.54) is 0 Å². The Morgan fingerprint density at radius 1 is 1.19 bits per heavy atom. The second kappa shape index (κ2) is 9.07. The number of ether oxygens (including phenoxy) is 1. The maximum Gasteiger partial charge on any atom is 0.325 e. The molecule has 0 saturated carbocycles. The number of rotatable bonds is 6. The Labute approximate surface area is 153 Å². The molecule has 1 aliphatic heterocycles. The molecule has 0 aromatic heterocycles. The Balaban J connectivity index is 2.09. The summed E-state index contributed by atoms with van der Waals surface area (Å²) in [5.74, 6) is -0.544. The molecule has 1 heterocycles. The van der Waals surface area contributed by atoms with Crippen LogP contribution < -0.4 is 15.5 Å². The largest absolute Gasteiger partial charge is 0.465 e. The van der Waals surface area contributed by atoms with E-state index in [0.717, 1.165) is 31.6 Å². The average Bonchev–Trinajstić information content (AvgIpc) is 3.14. The van der Waals surface area contributed by atoms with E-state index in [1.807, 2.05) is 23.9 Å². The molecular formula is C18H26N4O4. The Bertz CT molecular complexity index is 669. The zero-order valence-corrected chi connectivity index (χ0v) is 15.5. The number of benzene rings is 1. The lowest BCUT2D eigenvalue weighted by Gasteiger charge is -2.22. The molecule has 3 amide bonds. The van der Waals surface area contributed by atoms with Gasteiger partial charge in [-0.25, -0.2) is 4.79 Å². The summed E-state index contributed by atoms with van der Waals surface area (Å²) >= 11 is 0. The quantitative estimate of drug-likeness (QED) is 0.751. The van der Waals surface area contributed by atoms with Crippen molar-refractivity contribution in [2.75, 3.05) is 50.6 Å². The number of carbonyl (C=O) groups is 3. The van der Waals surface area contributed by atoms with Gasteiger partial charge in [-0.1, -0.05) is 0 Å². The summed E-state index contributed by atoms with van der Waals surface area (Å²) in [4.78, 5) is 39.7. The summed E-state index contributed by atoms with van der Waals surface area (Å²) in [7, 11) is 3.74. The van der Waals surface area contributed by atoms with Gasteiger partial charge in [0.15, 0.2) is 0 Å². The summed E-state index contributed by atoms with van der Waals surface area (Å²) in [6.45, 7) is 3.25. The Hall–Kier alpha value is -2.77. The van der Waals surface area contributed by atoms with Crippen molar-refractivity contribution in [3.8, 4) is 0 Å². The number of likely N-dealkylation sites (tertiary alicyclic amines) is 1. The molecule has 0 unspecified atom stereocenters. The SMILES string of the molecule is CCOC(=O)CNC(=O)Nc1ccc(N(C)C)c(C(=O)N2CCCC2)c1. The van der Waals surface area contributed by atoms with Gasteiger partial charge in [0.1, 0.15) is 6.54 Å². The summed E-state index contributed by atoms with van der Waals surface area (Å²) in [6, 6.07) is 4.65. The molecule has 1 saturated heterocycles. The fourth-order valence-electron chi connectivity index (χ4n) is 2.81. The third kappa shape index (κ3) is 5.11. The third-order valence-corrected chi connectivity index (χ3v) is 4.06. The third-order valence-electron chi connectivity index (χ3n) is 4.06. The second-order valence-corrected chi connectivity index (χ2v) is 6.24. The van der Waals surface area contributed by atoms with E-state index in [-0.39, 0.29) is 19.1 Å². The lowest BCUT2D eigenvalue weighted by atomic mass is 10.1. The van der Waals surface area contributed by atoms with Crippen LogP contribution in [0.15, 0.2) is 18.2 Å². The maximum atomic E-state index is 12.8. The molecule has 0 aliphatic carbocycles. The van der Waals surface area contributed by atoms with Gasteiger partial charge in [0, 0.05) is 38.6 Å². The van der Waals surface area contributed by atoms with Crippen LogP contribution in [-0.2, 0) is 9.53 Å². The van der Waals surface area contributed by atoms with Gasteiger partial charge >= 0.3 is 12.0 Å². The van der Waals surface area contributed by atoms with Gasteiger partial charge in [0.2, 0.25) is 0 Å². The fourth-order valence-corrected chi connectivity index (χ4v) is 2.81. The van der Waals surface area contributed by atoms with Crippen molar-refractivity contribution in [3.05, 3.63) is 23.8 Å². The molecule has 8 heteroatoms. The van der Waals surface area contributed by atoms with E-state index in [0.29, 0.717) is 11.3 Å². The molecule has 1 aromatic carbocycles. The van der Waals surface area contributed by atoms with Gasteiger partial charge in [-0.2, -0.15) is 0 Å². The minimum Gasteiger partial charge on any atom is -0.465 e. The summed E-state index contributed by atoms with van der Waals surface area (Å²) in [6.07, 6.45) is 2.02. The molecule has 0 bridgehead atoms. The van der Waals surface area contributed by atoms with E-state index in [2.05, 4.69) is 10.6 Å². The van der Waals surface area contributed by atoms with Crippen LogP contribution in [0, 0.1) is 0 Å². The highest BCUT2D eigenvalue weighted by atomic mass is 16.5. The van der Waals surface area contributed by atoms with Crippen molar-refractivity contribution >= 4 is 29.3 Å². The maximum absolute atomic E-state index is 12.8. The summed E-state index contributed by atoms with van der Waals surface area (Å²) in [5, 5.41) is 5.07. The van der Waals surface area contributed by atoms with E-state index in [1.54, 1.807) is 25.1 Å². The van der Waals surface area contributed by atoms with Crippen molar-refractivity contribution in [1.82, 2.24) is 10.2 Å². The number of esters is 1. The molecule has 1 fully saturated rings. The molecule has 0 spiro atoms. The zero-order valence-electron chi connectivity index (χ0n) is 15.5. The second-order valence-electron chi connectivity index (χ2n) is 6.24. The molecule has 0 atom stereocenters. The minimum absolute atomic E-state index is 0.0400. The summed E-state index contributed by atoms with van der Waals surface area (Å²) < 4.78 is 4.75. The lowest BCUT2D eigenvalue weighted by Crippen LogP contribution is -2.34. The standard InChI is InChI=1S/C18H26N4O4/c1-4-26-16(23)12-19-18(25)20-13-7-8-15(21(2)3)14(11-13)17(24)22-9-5-6-10-22/h7-8,11H,4-6,9-10,12H2,1-3H3,(H2,19,20,25). The molecule has 142 valence electrons. The van der Waals surface area contributed by atoms with Gasteiger partial charge in [-0.3, -0.25) is 9.59 Å². The lowest BCUT2D eigenvalue weighted by molar-refractivity contribution is -0.141. The average molecular weight is 362 g/mol. The number of hydrogen-bond donors (Lipinski definition) is 2. The van der Waals surface area contributed by atoms with Crippen molar-refractivity contribution in [3.63, 3.8) is 0 Å². The predicted molar refractivity (Wildman–Crippen MR) is 99.6 cm³/mol. The molecule has 0 radical (unpaired) electrons. The van der Waals surface area contributed by atoms with Gasteiger partial charge < -0.3 is 25.2 Å². The first-order chi connectivity index (χ1) is 12.4. The number of nitrogens with one attached hydrogen (secondary N) is 2. The van der Waals surface area contributed by atoms with Crippen molar-refractivity contribution in [2.45, 2.75) is 19.8 Å². The zero-order chi connectivity index (χ0) is 19.1. The molecule has 26 heavy (non-hydrogen) atoms. The van der Waals surface area contributed by atoms with Gasteiger partial charge in [0.05, 0.1) is 12.2 Å². The van der Waals surface area contributed by atoms with E-state index in [9.17, 15) is 14.4 Å². The van der Waals surface area contributed by atoms with Crippen molar-refractivity contribution in [2.24, 2.45) is 0 Å². The smallest absolute Gasteiger partial charge is 0.325 e. The highest BCUT2D eigenvalue weighted by molar-refractivity contribution is 6.02. The van der Waals surface area contributed by atoms with Gasteiger partial charge in [0.25, 0.3) is 5.91 Å². The van der Waals surface area contributed by atoms with Gasteiger partial charge in [-0.05, 0) is 38.0 Å². The predicted octanol–water partition coefficient (Wildman–Crippen LogP) is 1.67. The first-order valence-electron chi connectivity index (χ1n) is 8.73. The van der Waals surface area contributed by atoms with E-state index >= 15 is 0 Å². The van der Waals surface area contributed by atoms with Crippen LogP contribution in [0.2, 0.25) is 0 Å². The number of anilines is 2. The van der Waals surface area contributed by atoms with Crippen LogP contribution in [-0.4, -0.2) is 63.1 Å². The molecule has 8 nitrogen and oxygen atoms in total. The number of amides is 3. The number of hydrogen-bond acceptors (Lipinski definition) is 5. The molecule has 2 N–H and O–H groups in total. The van der Waals surface area contributed by atoms with Crippen molar-refractivity contribution in [1.29, 1.82) is 0 Å². The Morgan fingerprint density at radius 2 is 1.88 bits per heavy atom. The molecule has 1 aliphatic rings. The Kier molecular flexibility index (Phi) is 6.82. The molecule has 2 rings (SSSR count). The highest BCUT2D eigenvalue weighted by Crippen LogP contribution is 2.25. The van der Waals surface area contributed by atoms with E-state index in [4.69, 9.17) is 4.74 Å². The Morgan fingerprint density at radius 3 is 2.50 bits per heavy atom. The van der Waals surface area contributed by atoms with Crippen LogP contribution in [0.5, 0.6) is 0 Å². The first kappa shape index (κ1) is 19.6. The van der Waals surface area contributed by atoms with Crippen LogP contribution in [0.4, 0.5) is 16.2 Å². The number of nitrogens with zero attached hydrogens (tertiary/aromatic N) is 2. The fraction of sp³-hybridized carbons (Fsp3) is 0.500. The van der Waals surface area contributed by atoms with Gasteiger partial charge in [-0.15, -0.1) is 0 Å². The monoisotopic (exact) mass is 362 g/mol. The summed E-state index contributed by atoms with van der Waals surface area (Å²) in [5.41, 5.74) is 1.82. The normalized spacial score (nSPS) is 13.3. The molecular weight excluding hydrogens is 336 g/mol. The topological polar surface area (TPSA) is 91.0 Å². The van der Waals surface area contributed by atoms with Crippen LogP contribution in [0.25, 0.3) is 0 Å². The van der Waals surface area contributed by atoms with Crippen LogP contribution in [0.3, 0.4) is 0 Å². The first-order valence-corrected chi connectivity index (χ1v) is 8.73. The highest BCUT2D eigenvalue weighted by Gasteiger charge is 2.23. The van der Waals surface area contributed by atoms with Crippen molar-refractivity contribution < 1.29 is 19.1 Å².